The van der Waals surface area contributed by atoms with E-state index in [0.717, 1.165) is 30.5 Å². The Kier molecular flexibility index (Phi) is 11.3. The molecule has 1 atom stereocenters. The van der Waals surface area contributed by atoms with Crippen LogP contribution in [0.4, 0.5) is 10.5 Å². The summed E-state index contributed by atoms with van der Waals surface area (Å²) in [6.07, 6.45) is 5.06. The monoisotopic (exact) mass is 439 g/mol. The van der Waals surface area contributed by atoms with Crippen LogP contribution in [0, 0.1) is 0 Å². The third-order valence-electron chi connectivity index (χ3n) is 4.56. The van der Waals surface area contributed by atoms with Gasteiger partial charge in [0.15, 0.2) is 0 Å². The predicted octanol–water partition coefficient (Wildman–Crippen LogP) is 1.93. The first-order valence-corrected chi connectivity index (χ1v) is 9.89. The molecule has 166 valence electrons. The molecule has 1 aromatic rings. The number of hydrogen-bond donors (Lipinski definition) is 3. The van der Waals surface area contributed by atoms with E-state index in [0.29, 0.717) is 19.6 Å². The number of unbranched alkanes of at least 4 members (excludes halogenated alkanes) is 2. The Bertz CT molecular complexity index is 726. The molecule has 0 saturated carbocycles. The van der Waals surface area contributed by atoms with E-state index in [1.165, 1.54) is 6.21 Å². The number of carbonyl (C=O) groups is 3. The van der Waals surface area contributed by atoms with Crippen molar-refractivity contribution >= 4 is 42.2 Å². The van der Waals surface area contributed by atoms with Crippen LogP contribution in [0.15, 0.2) is 29.4 Å². The lowest BCUT2D eigenvalue weighted by molar-refractivity contribution is -0.143. The number of amides is 3. The largest absolute Gasteiger partial charge is 0.466 e. The highest BCUT2D eigenvalue weighted by atomic mass is 35.5. The third-order valence-corrected chi connectivity index (χ3v) is 4.56. The summed E-state index contributed by atoms with van der Waals surface area (Å²) in [6, 6.07) is 6.17. The summed E-state index contributed by atoms with van der Waals surface area (Å²) in [5.41, 5.74) is 1.58. The molecule has 0 bridgehead atoms. The molecule has 0 unspecified atom stereocenters. The molecule has 2 rings (SSSR count). The molecule has 1 saturated heterocycles. The molecule has 0 spiro atoms. The highest BCUT2D eigenvalue weighted by Gasteiger charge is 2.33. The van der Waals surface area contributed by atoms with Crippen molar-refractivity contribution < 1.29 is 19.1 Å². The van der Waals surface area contributed by atoms with E-state index in [-0.39, 0.29) is 37.2 Å². The van der Waals surface area contributed by atoms with Gasteiger partial charge in [0, 0.05) is 18.8 Å². The predicted molar refractivity (Wildman–Crippen MR) is 118 cm³/mol. The minimum absolute atomic E-state index is 0. The SMILES string of the molecule is CCCCCOC(=O)CCNC(=O)N[C@H]1CCN(c2ccc(C=NN)cc2)C1=O.Cl. The number of hydrazone groups is 1. The van der Waals surface area contributed by atoms with Crippen LogP contribution in [0.1, 0.15) is 44.6 Å². The third kappa shape index (κ3) is 7.90. The molecular formula is C20H30ClN5O4. The summed E-state index contributed by atoms with van der Waals surface area (Å²) in [7, 11) is 0. The quantitative estimate of drug-likeness (QED) is 0.169. The molecule has 30 heavy (non-hydrogen) atoms. The molecule has 10 heteroatoms. The Labute approximate surface area is 182 Å². The van der Waals surface area contributed by atoms with Crippen molar-refractivity contribution in [2.24, 2.45) is 10.9 Å². The normalized spacial score (nSPS) is 15.7. The van der Waals surface area contributed by atoms with Gasteiger partial charge in [-0.15, -0.1) is 12.4 Å². The van der Waals surface area contributed by atoms with Gasteiger partial charge in [0.25, 0.3) is 0 Å². The number of benzene rings is 1. The Balaban J connectivity index is 0.00000450. The van der Waals surface area contributed by atoms with Crippen molar-refractivity contribution in [3.8, 4) is 0 Å². The summed E-state index contributed by atoms with van der Waals surface area (Å²) in [6.45, 7) is 3.16. The highest BCUT2D eigenvalue weighted by Crippen LogP contribution is 2.21. The number of nitrogens with two attached hydrogens (primary N) is 1. The lowest BCUT2D eigenvalue weighted by Crippen LogP contribution is -2.46. The Morgan fingerprint density at radius 3 is 2.70 bits per heavy atom. The zero-order chi connectivity index (χ0) is 21.1. The molecule has 1 aromatic carbocycles. The van der Waals surface area contributed by atoms with Crippen molar-refractivity contribution in [2.45, 2.75) is 45.1 Å². The molecule has 0 aliphatic carbocycles. The molecule has 9 nitrogen and oxygen atoms in total. The fourth-order valence-electron chi connectivity index (χ4n) is 2.99. The van der Waals surface area contributed by atoms with Crippen molar-refractivity contribution in [3.05, 3.63) is 29.8 Å². The fourth-order valence-corrected chi connectivity index (χ4v) is 2.99. The van der Waals surface area contributed by atoms with E-state index in [4.69, 9.17) is 10.6 Å². The summed E-state index contributed by atoms with van der Waals surface area (Å²) >= 11 is 0. The molecule has 0 aromatic heterocycles. The van der Waals surface area contributed by atoms with Gasteiger partial charge in [0.1, 0.15) is 6.04 Å². The lowest BCUT2D eigenvalue weighted by atomic mass is 10.2. The maximum atomic E-state index is 12.6. The van der Waals surface area contributed by atoms with E-state index in [2.05, 4.69) is 22.7 Å². The molecule has 1 heterocycles. The number of nitrogens with zero attached hydrogens (tertiary/aromatic N) is 2. The van der Waals surface area contributed by atoms with Gasteiger partial charge in [0.05, 0.1) is 19.2 Å². The minimum Gasteiger partial charge on any atom is -0.466 e. The van der Waals surface area contributed by atoms with Crippen LogP contribution in [0.5, 0.6) is 0 Å². The standard InChI is InChI=1S/C20H29N5O4.ClH/c1-2-3-4-13-29-18(26)9-11-22-20(28)24-17-10-12-25(19(17)27)16-7-5-15(6-8-16)14-23-21;/h5-8,14,17H,2-4,9-13,21H2,1H3,(H2,22,24,28);1H/t17-;/m0./s1. The van der Waals surface area contributed by atoms with Crippen molar-refractivity contribution in [1.82, 2.24) is 10.6 Å². The van der Waals surface area contributed by atoms with Crippen molar-refractivity contribution in [1.29, 1.82) is 0 Å². The summed E-state index contributed by atoms with van der Waals surface area (Å²) in [4.78, 5) is 37.8. The number of ether oxygens (including phenoxy) is 1. The molecule has 1 aliphatic rings. The number of urea groups is 1. The Morgan fingerprint density at radius 1 is 1.30 bits per heavy atom. The highest BCUT2D eigenvalue weighted by molar-refractivity contribution is 6.01. The minimum atomic E-state index is -0.596. The number of hydrogen-bond acceptors (Lipinski definition) is 6. The number of carbonyl (C=O) groups excluding carboxylic acids is 3. The number of anilines is 1. The molecule has 1 fully saturated rings. The van der Waals surface area contributed by atoms with Gasteiger partial charge in [-0.3, -0.25) is 9.59 Å². The smallest absolute Gasteiger partial charge is 0.315 e. The van der Waals surface area contributed by atoms with Gasteiger partial charge in [0.2, 0.25) is 5.91 Å². The first-order chi connectivity index (χ1) is 14.0. The van der Waals surface area contributed by atoms with Crippen LogP contribution in [0.3, 0.4) is 0 Å². The maximum Gasteiger partial charge on any atom is 0.315 e. The lowest BCUT2D eigenvalue weighted by Gasteiger charge is -2.17. The molecule has 3 amide bonds. The second-order valence-corrected chi connectivity index (χ2v) is 6.78. The van der Waals surface area contributed by atoms with E-state index < -0.39 is 12.1 Å². The topological polar surface area (TPSA) is 126 Å². The van der Waals surface area contributed by atoms with Gasteiger partial charge in [-0.25, -0.2) is 4.79 Å². The first kappa shape index (κ1) is 25.2. The number of nitrogens with one attached hydrogen (secondary N) is 2. The summed E-state index contributed by atoms with van der Waals surface area (Å²) in [5.74, 6) is 4.61. The second-order valence-electron chi connectivity index (χ2n) is 6.78. The van der Waals surface area contributed by atoms with Crippen LogP contribution in [-0.4, -0.2) is 49.9 Å². The second kappa shape index (κ2) is 13.4. The fraction of sp³-hybridized carbons (Fsp3) is 0.500. The van der Waals surface area contributed by atoms with Crippen LogP contribution in [-0.2, 0) is 14.3 Å². The van der Waals surface area contributed by atoms with Crippen LogP contribution >= 0.6 is 12.4 Å². The average molecular weight is 440 g/mol. The zero-order valence-corrected chi connectivity index (χ0v) is 18.0. The van der Waals surface area contributed by atoms with Gasteiger partial charge < -0.3 is 26.1 Å². The molecule has 0 radical (unpaired) electrons. The van der Waals surface area contributed by atoms with Crippen molar-refractivity contribution in [3.63, 3.8) is 0 Å². The maximum absolute atomic E-state index is 12.6. The molecular weight excluding hydrogens is 410 g/mol. The van der Waals surface area contributed by atoms with Gasteiger partial charge >= 0.3 is 12.0 Å². The number of rotatable bonds is 10. The Morgan fingerprint density at radius 2 is 2.03 bits per heavy atom. The van der Waals surface area contributed by atoms with E-state index >= 15 is 0 Å². The van der Waals surface area contributed by atoms with Crippen molar-refractivity contribution in [2.75, 3.05) is 24.6 Å². The zero-order valence-electron chi connectivity index (χ0n) is 17.1. The van der Waals surface area contributed by atoms with E-state index in [9.17, 15) is 14.4 Å². The first-order valence-electron chi connectivity index (χ1n) is 9.89. The molecule has 4 N–H and O–H groups in total. The average Bonchev–Trinajstić information content (AvgIpc) is 3.06. The van der Waals surface area contributed by atoms with Crippen LogP contribution < -0.4 is 21.4 Å². The molecule has 1 aliphatic heterocycles. The Hall–Kier alpha value is -2.81. The number of halogens is 1. The van der Waals surface area contributed by atoms with Crippen LogP contribution in [0.2, 0.25) is 0 Å². The summed E-state index contributed by atoms with van der Waals surface area (Å²) in [5, 5.41) is 8.71. The van der Waals surface area contributed by atoms with Crippen LogP contribution in [0.25, 0.3) is 0 Å². The number of esters is 1. The van der Waals surface area contributed by atoms with Gasteiger partial charge in [-0.1, -0.05) is 31.9 Å². The van der Waals surface area contributed by atoms with Gasteiger partial charge in [-0.05, 0) is 30.5 Å². The summed E-state index contributed by atoms with van der Waals surface area (Å²) < 4.78 is 5.08. The van der Waals surface area contributed by atoms with E-state index in [1.807, 2.05) is 24.3 Å². The van der Waals surface area contributed by atoms with Gasteiger partial charge in [-0.2, -0.15) is 5.10 Å². The van der Waals surface area contributed by atoms with E-state index in [1.54, 1.807) is 4.90 Å².